The summed E-state index contributed by atoms with van der Waals surface area (Å²) in [5.74, 6) is -1.11. The molecule has 2 amide bonds. The third kappa shape index (κ3) is 6.76. The molecular weight excluding hydrogens is 272 g/mol. The van der Waals surface area contributed by atoms with Crippen molar-refractivity contribution in [1.29, 1.82) is 0 Å². The molecule has 4 N–H and O–H groups in total. The number of nitrogens with one attached hydrogen (secondary N) is 2. The molecule has 0 heterocycles. The molecule has 6 heteroatoms. The maximum absolute atomic E-state index is 11.6. The fraction of sp³-hybridized carbons (Fsp3) is 0.467. The number of carbonyl (C=O) groups is 2. The summed E-state index contributed by atoms with van der Waals surface area (Å²) < 4.78 is 0. The second kappa shape index (κ2) is 7.64. The van der Waals surface area contributed by atoms with Crippen LogP contribution in [0, 0.1) is 0 Å². The largest absolute Gasteiger partial charge is 0.481 e. The highest BCUT2D eigenvalue weighted by Crippen LogP contribution is 2.07. The summed E-state index contributed by atoms with van der Waals surface area (Å²) in [6.07, 6.45) is 0.540. The van der Waals surface area contributed by atoms with E-state index in [-0.39, 0.29) is 6.54 Å². The van der Waals surface area contributed by atoms with Crippen LogP contribution in [0.5, 0.6) is 0 Å². The van der Waals surface area contributed by atoms with Gasteiger partial charge in [-0.1, -0.05) is 31.2 Å². The number of carboxylic acid groups (broad SMARTS) is 1. The van der Waals surface area contributed by atoms with Gasteiger partial charge in [0, 0.05) is 13.1 Å². The third-order valence-corrected chi connectivity index (χ3v) is 3.05. The maximum atomic E-state index is 11.6. The molecule has 0 aliphatic carbocycles. The number of hydrogen-bond donors (Lipinski definition) is 4. The van der Waals surface area contributed by atoms with Crippen LogP contribution in [0.2, 0.25) is 0 Å². The zero-order chi connectivity index (χ0) is 15.9. The van der Waals surface area contributed by atoms with Crippen molar-refractivity contribution in [2.45, 2.75) is 38.8 Å². The fourth-order valence-electron chi connectivity index (χ4n) is 1.80. The summed E-state index contributed by atoms with van der Waals surface area (Å²) in [6.45, 7) is 3.69. The van der Waals surface area contributed by atoms with Crippen molar-refractivity contribution in [3.8, 4) is 0 Å². The molecule has 0 fully saturated rings. The number of aliphatic hydroxyl groups is 1. The van der Waals surface area contributed by atoms with Crippen LogP contribution < -0.4 is 10.6 Å². The van der Waals surface area contributed by atoms with E-state index in [1.54, 1.807) is 0 Å². The first-order chi connectivity index (χ1) is 9.82. The normalized spacial score (nSPS) is 13.3. The molecule has 0 radical (unpaired) electrons. The van der Waals surface area contributed by atoms with Crippen molar-refractivity contribution in [2.24, 2.45) is 0 Å². The zero-order valence-electron chi connectivity index (χ0n) is 12.3. The lowest BCUT2D eigenvalue weighted by molar-refractivity contribution is -0.141. The number of amides is 2. The van der Waals surface area contributed by atoms with Crippen LogP contribution in [0.3, 0.4) is 0 Å². The topological polar surface area (TPSA) is 98.7 Å². The van der Waals surface area contributed by atoms with Gasteiger partial charge < -0.3 is 20.8 Å². The van der Waals surface area contributed by atoms with E-state index in [2.05, 4.69) is 17.6 Å². The maximum Gasteiger partial charge on any atom is 0.315 e. The van der Waals surface area contributed by atoms with E-state index in [1.807, 2.05) is 24.3 Å². The van der Waals surface area contributed by atoms with Gasteiger partial charge in [0.2, 0.25) is 0 Å². The monoisotopic (exact) mass is 294 g/mol. The van der Waals surface area contributed by atoms with Crippen molar-refractivity contribution >= 4 is 12.0 Å². The summed E-state index contributed by atoms with van der Waals surface area (Å²) >= 11 is 0. The molecule has 0 aliphatic rings. The molecule has 0 saturated carbocycles. The van der Waals surface area contributed by atoms with Crippen molar-refractivity contribution in [3.05, 3.63) is 35.4 Å². The smallest absolute Gasteiger partial charge is 0.315 e. The lowest BCUT2D eigenvalue weighted by Gasteiger charge is -2.21. The summed E-state index contributed by atoms with van der Waals surface area (Å²) in [7, 11) is 0. The quantitative estimate of drug-likeness (QED) is 0.608. The average Bonchev–Trinajstić information content (AvgIpc) is 2.42. The van der Waals surface area contributed by atoms with Gasteiger partial charge in [0.15, 0.2) is 0 Å². The molecule has 1 aromatic rings. The second-order valence-electron chi connectivity index (χ2n) is 5.27. The molecule has 0 bridgehead atoms. The van der Waals surface area contributed by atoms with Gasteiger partial charge in [-0.05, 0) is 24.5 Å². The standard InChI is InChI=1S/C15H22N2O4/c1-3-11-4-6-12(7-5-11)9-16-14(20)17-10-15(2,21)8-13(18)19/h4-7,21H,3,8-10H2,1-2H3,(H,18,19)(H2,16,17,20). The zero-order valence-corrected chi connectivity index (χ0v) is 12.3. The number of rotatable bonds is 7. The van der Waals surface area contributed by atoms with Crippen LogP contribution in [0.15, 0.2) is 24.3 Å². The lowest BCUT2D eigenvalue weighted by atomic mass is 10.0. The summed E-state index contributed by atoms with van der Waals surface area (Å²) in [5.41, 5.74) is 0.735. The number of urea groups is 1. The van der Waals surface area contributed by atoms with Crippen molar-refractivity contribution in [3.63, 3.8) is 0 Å². The Kier molecular flexibility index (Phi) is 6.17. The highest BCUT2D eigenvalue weighted by molar-refractivity contribution is 5.74. The van der Waals surface area contributed by atoms with E-state index < -0.39 is 24.0 Å². The number of aliphatic carboxylic acids is 1. The number of carbonyl (C=O) groups excluding carboxylic acids is 1. The molecule has 0 aliphatic heterocycles. The first-order valence-electron chi connectivity index (χ1n) is 6.86. The molecule has 1 unspecified atom stereocenters. The SMILES string of the molecule is CCc1ccc(CNC(=O)NCC(C)(O)CC(=O)O)cc1. The van der Waals surface area contributed by atoms with Crippen molar-refractivity contribution in [2.75, 3.05) is 6.54 Å². The predicted molar refractivity (Wildman–Crippen MR) is 78.9 cm³/mol. The van der Waals surface area contributed by atoms with E-state index in [1.165, 1.54) is 12.5 Å². The molecule has 0 saturated heterocycles. The first kappa shape index (κ1) is 17.0. The fourth-order valence-corrected chi connectivity index (χ4v) is 1.80. The highest BCUT2D eigenvalue weighted by Gasteiger charge is 2.24. The Labute approximate surface area is 124 Å². The van der Waals surface area contributed by atoms with Gasteiger partial charge in [0.05, 0.1) is 12.0 Å². The molecule has 1 aromatic carbocycles. The van der Waals surface area contributed by atoms with Gasteiger partial charge in [-0.3, -0.25) is 4.79 Å². The Balaban J connectivity index is 2.35. The van der Waals surface area contributed by atoms with Gasteiger partial charge in [-0.25, -0.2) is 4.79 Å². The molecular formula is C15H22N2O4. The Morgan fingerprint density at radius 2 is 1.71 bits per heavy atom. The number of hydrogen-bond acceptors (Lipinski definition) is 3. The first-order valence-corrected chi connectivity index (χ1v) is 6.86. The molecule has 0 aromatic heterocycles. The van der Waals surface area contributed by atoms with Crippen LogP contribution in [-0.2, 0) is 17.8 Å². The van der Waals surface area contributed by atoms with E-state index in [0.29, 0.717) is 6.54 Å². The number of aryl methyl sites for hydroxylation is 1. The molecule has 1 atom stereocenters. The molecule has 21 heavy (non-hydrogen) atoms. The number of carboxylic acids is 1. The van der Waals surface area contributed by atoms with Gasteiger partial charge in [-0.2, -0.15) is 0 Å². The van der Waals surface area contributed by atoms with Crippen LogP contribution in [0.1, 0.15) is 31.4 Å². The second-order valence-corrected chi connectivity index (χ2v) is 5.27. The van der Waals surface area contributed by atoms with Gasteiger partial charge >= 0.3 is 12.0 Å². The van der Waals surface area contributed by atoms with Crippen LogP contribution >= 0.6 is 0 Å². The van der Waals surface area contributed by atoms with E-state index in [9.17, 15) is 14.7 Å². The van der Waals surface area contributed by atoms with Crippen LogP contribution in [-0.4, -0.2) is 34.4 Å². The minimum Gasteiger partial charge on any atom is -0.481 e. The van der Waals surface area contributed by atoms with Crippen LogP contribution in [0.25, 0.3) is 0 Å². The highest BCUT2D eigenvalue weighted by atomic mass is 16.4. The minimum absolute atomic E-state index is 0.125. The predicted octanol–water partition coefficient (Wildman–Crippen LogP) is 1.27. The van der Waals surface area contributed by atoms with E-state index in [4.69, 9.17) is 5.11 Å². The van der Waals surface area contributed by atoms with Gasteiger partial charge in [0.25, 0.3) is 0 Å². The Morgan fingerprint density at radius 1 is 1.14 bits per heavy atom. The van der Waals surface area contributed by atoms with E-state index >= 15 is 0 Å². The minimum atomic E-state index is -1.47. The molecule has 1 rings (SSSR count). The van der Waals surface area contributed by atoms with Gasteiger partial charge in [-0.15, -0.1) is 0 Å². The van der Waals surface area contributed by atoms with Crippen molar-refractivity contribution in [1.82, 2.24) is 10.6 Å². The van der Waals surface area contributed by atoms with Crippen molar-refractivity contribution < 1.29 is 19.8 Å². The Hall–Kier alpha value is -2.08. The molecule has 0 spiro atoms. The third-order valence-electron chi connectivity index (χ3n) is 3.05. The Bertz CT molecular complexity index is 483. The molecule has 116 valence electrons. The van der Waals surface area contributed by atoms with Gasteiger partial charge in [0.1, 0.15) is 0 Å². The average molecular weight is 294 g/mol. The van der Waals surface area contributed by atoms with E-state index in [0.717, 1.165) is 12.0 Å². The molecule has 6 nitrogen and oxygen atoms in total. The summed E-state index contributed by atoms with van der Waals surface area (Å²) in [6, 6.07) is 7.46. The number of benzene rings is 1. The summed E-state index contributed by atoms with van der Waals surface area (Å²) in [4.78, 5) is 22.1. The summed E-state index contributed by atoms with van der Waals surface area (Å²) in [5, 5.41) is 23.5. The lowest BCUT2D eigenvalue weighted by Crippen LogP contribution is -2.45. The van der Waals surface area contributed by atoms with Crippen LogP contribution in [0.4, 0.5) is 4.79 Å². The Morgan fingerprint density at radius 3 is 2.24 bits per heavy atom.